The molecule has 0 radical (unpaired) electrons. The van der Waals surface area contributed by atoms with E-state index < -0.39 is 6.10 Å². The van der Waals surface area contributed by atoms with Gasteiger partial charge in [0, 0.05) is 18.3 Å². The zero-order valence-corrected chi connectivity index (χ0v) is 11.4. The van der Waals surface area contributed by atoms with E-state index >= 15 is 0 Å². The lowest BCUT2D eigenvalue weighted by Crippen LogP contribution is -2.44. The maximum absolute atomic E-state index is 11.4. The smallest absolute Gasteiger partial charge is 0.251 e. The molecule has 0 fully saturated rings. The molecule has 1 aliphatic rings. The number of nitrogens with zero attached hydrogens (tertiary/aromatic N) is 2. The third-order valence-electron chi connectivity index (χ3n) is 2.53. The number of likely N-dealkylation sites (N-methyl/N-ethyl adjacent to an activating group) is 1. The number of hydrogen-bond acceptors (Lipinski definition) is 5. The summed E-state index contributed by atoms with van der Waals surface area (Å²) in [5.74, 6) is -0.198. The van der Waals surface area contributed by atoms with Crippen LogP contribution in [0.4, 0.5) is 5.69 Å². The number of hydrazine groups is 2. The average molecular weight is 283 g/mol. The van der Waals surface area contributed by atoms with Crippen molar-refractivity contribution in [2.75, 3.05) is 12.1 Å². The number of benzene rings is 1. The van der Waals surface area contributed by atoms with E-state index in [1.54, 1.807) is 37.4 Å². The van der Waals surface area contributed by atoms with E-state index in [2.05, 4.69) is 10.9 Å². The van der Waals surface area contributed by atoms with Crippen LogP contribution in [0.5, 0.6) is 0 Å². The highest BCUT2D eigenvalue weighted by Gasteiger charge is 2.19. The van der Waals surface area contributed by atoms with Crippen molar-refractivity contribution >= 4 is 23.2 Å². The number of halogens is 1. The van der Waals surface area contributed by atoms with E-state index in [-0.39, 0.29) is 5.91 Å². The third-order valence-corrected chi connectivity index (χ3v) is 2.77. The second-order valence-electron chi connectivity index (χ2n) is 3.94. The van der Waals surface area contributed by atoms with E-state index in [0.29, 0.717) is 5.02 Å². The van der Waals surface area contributed by atoms with Gasteiger partial charge in [-0.05, 0) is 25.1 Å². The van der Waals surface area contributed by atoms with Gasteiger partial charge in [-0.25, -0.2) is 4.84 Å². The van der Waals surface area contributed by atoms with Gasteiger partial charge in [0.05, 0.1) is 11.9 Å². The molecule has 1 unspecified atom stereocenters. The summed E-state index contributed by atoms with van der Waals surface area (Å²) in [6, 6.07) is 7.36. The molecular weight excluding hydrogens is 268 g/mol. The summed E-state index contributed by atoms with van der Waals surface area (Å²) in [7, 11) is 1.56. The minimum Gasteiger partial charge on any atom is -0.357 e. The highest BCUT2D eigenvalue weighted by Crippen LogP contribution is 2.20. The summed E-state index contributed by atoms with van der Waals surface area (Å²) in [5, 5.41) is 6.25. The Morgan fingerprint density at radius 2 is 2.26 bits per heavy atom. The number of hydrogen-bond donors (Lipinski definition) is 2. The lowest BCUT2D eigenvalue weighted by molar-refractivity contribution is -0.191. The Hall–Kier alpha value is -1.76. The zero-order chi connectivity index (χ0) is 13.8. The Morgan fingerprint density at radius 1 is 1.47 bits per heavy atom. The van der Waals surface area contributed by atoms with Crippen LogP contribution in [0, 0.1) is 0 Å². The molecule has 0 aliphatic carbocycles. The third kappa shape index (κ3) is 3.37. The number of rotatable bonds is 4. The molecule has 1 aliphatic heterocycles. The van der Waals surface area contributed by atoms with Gasteiger partial charge in [0.2, 0.25) is 0 Å². The molecule has 0 saturated heterocycles. The fourth-order valence-corrected chi connectivity index (χ4v) is 1.73. The zero-order valence-electron chi connectivity index (χ0n) is 10.6. The minimum absolute atomic E-state index is 0.198. The second-order valence-corrected chi connectivity index (χ2v) is 4.37. The predicted molar refractivity (Wildman–Crippen MR) is 72.7 cm³/mol. The van der Waals surface area contributed by atoms with E-state index in [1.807, 2.05) is 18.2 Å². The molecule has 0 aromatic heterocycles. The molecule has 19 heavy (non-hydrogen) atoms. The van der Waals surface area contributed by atoms with Gasteiger partial charge in [0.25, 0.3) is 5.91 Å². The van der Waals surface area contributed by atoms with Crippen LogP contribution in [0.15, 0.2) is 36.7 Å². The Kier molecular flexibility index (Phi) is 4.26. The fourth-order valence-electron chi connectivity index (χ4n) is 1.55. The molecule has 1 heterocycles. The molecule has 1 aromatic rings. The van der Waals surface area contributed by atoms with Crippen molar-refractivity contribution in [3.63, 3.8) is 0 Å². The number of nitrogens with one attached hydrogen (secondary N) is 2. The van der Waals surface area contributed by atoms with Crippen LogP contribution in [-0.4, -0.2) is 24.2 Å². The maximum atomic E-state index is 11.4. The lowest BCUT2D eigenvalue weighted by atomic mass is 10.3. The van der Waals surface area contributed by atoms with Crippen LogP contribution in [0.25, 0.3) is 0 Å². The van der Waals surface area contributed by atoms with Gasteiger partial charge in [-0.1, -0.05) is 17.7 Å². The van der Waals surface area contributed by atoms with Crippen LogP contribution >= 0.6 is 11.6 Å². The van der Waals surface area contributed by atoms with Crippen molar-refractivity contribution in [1.82, 2.24) is 16.0 Å². The fraction of sp³-hybridized carbons (Fsp3) is 0.250. The van der Waals surface area contributed by atoms with Crippen molar-refractivity contribution in [3.8, 4) is 0 Å². The predicted octanol–water partition coefficient (Wildman–Crippen LogP) is 1.42. The number of hydroxylamine groups is 1. The Balaban J connectivity index is 1.94. The number of anilines is 1. The van der Waals surface area contributed by atoms with Crippen LogP contribution in [0.1, 0.15) is 6.92 Å². The molecule has 2 rings (SSSR count). The van der Waals surface area contributed by atoms with Crippen molar-refractivity contribution in [2.45, 2.75) is 13.0 Å². The summed E-state index contributed by atoms with van der Waals surface area (Å²) in [5.41, 5.74) is 3.80. The van der Waals surface area contributed by atoms with E-state index in [4.69, 9.17) is 16.4 Å². The highest BCUT2D eigenvalue weighted by atomic mass is 35.5. The largest absolute Gasteiger partial charge is 0.357 e. The van der Waals surface area contributed by atoms with Gasteiger partial charge in [-0.3, -0.25) is 9.80 Å². The Morgan fingerprint density at radius 3 is 2.95 bits per heavy atom. The molecule has 102 valence electrons. The molecule has 0 spiro atoms. The van der Waals surface area contributed by atoms with Crippen molar-refractivity contribution < 1.29 is 9.63 Å². The molecule has 7 heteroatoms. The van der Waals surface area contributed by atoms with Gasteiger partial charge in [0.15, 0.2) is 6.10 Å². The summed E-state index contributed by atoms with van der Waals surface area (Å²) in [6.45, 7) is 1.66. The molecular formula is C12H15ClN4O2. The average Bonchev–Trinajstić information content (AvgIpc) is 2.86. The van der Waals surface area contributed by atoms with Crippen molar-refractivity contribution in [3.05, 3.63) is 41.7 Å². The van der Waals surface area contributed by atoms with Crippen molar-refractivity contribution in [1.29, 1.82) is 0 Å². The first kappa shape index (κ1) is 13.7. The van der Waals surface area contributed by atoms with Crippen LogP contribution in [-0.2, 0) is 9.63 Å². The van der Waals surface area contributed by atoms with E-state index in [9.17, 15) is 4.79 Å². The van der Waals surface area contributed by atoms with E-state index in [1.165, 1.54) is 5.17 Å². The SMILES string of the molecule is CNC(=O)C(C)ON1C=CN(c2cccc(Cl)c2)N1. The topological polar surface area (TPSA) is 56.8 Å². The van der Waals surface area contributed by atoms with Gasteiger partial charge >= 0.3 is 0 Å². The van der Waals surface area contributed by atoms with Crippen LogP contribution in [0.2, 0.25) is 5.02 Å². The lowest BCUT2D eigenvalue weighted by Gasteiger charge is -2.23. The number of carbonyl (C=O) groups excluding carboxylic acids is 1. The molecule has 2 N–H and O–H groups in total. The second kappa shape index (κ2) is 5.92. The maximum Gasteiger partial charge on any atom is 0.251 e. The Labute approximate surface area is 116 Å². The minimum atomic E-state index is -0.596. The van der Waals surface area contributed by atoms with Gasteiger partial charge in [0.1, 0.15) is 0 Å². The standard InChI is InChI=1S/C12H15ClN4O2/c1-9(12(18)14-2)19-17-7-6-16(15-17)11-5-3-4-10(13)8-11/h3-9,15H,1-2H3,(H,14,18). The molecule has 6 nitrogen and oxygen atoms in total. The molecule has 1 amide bonds. The number of amides is 1. The summed E-state index contributed by atoms with van der Waals surface area (Å²) >= 11 is 5.93. The first-order chi connectivity index (χ1) is 9.10. The van der Waals surface area contributed by atoms with Crippen LogP contribution < -0.4 is 15.9 Å². The molecule has 1 aromatic carbocycles. The first-order valence-corrected chi connectivity index (χ1v) is 6.15. The summed E-state index contributed by atoms with van der Waals surface area (Å²) in [6.07, 6.45) is 2.84. The monoisotopic (exact) mass is 282 g/mol. The van der Waals surface area contributed by atoms with Crippen LogP contribution in [0.3, 0.4) is 0 Å². The number of carbonyl (C=O) groups is 1. The van der Waals surface area contributed by atoms with Gasteiger partial charge < -0.3 is 5.32 Å². The highest BCUT2D eigenvalue weighted by molar-refractivity contribution is 6.30. The summed E-state index contributed by atoms with van der Waals surface area (Å²) in [4.78, 5) is 16.7. The molecule has 1 atom stereocenters. The molecule has 0 saturated carbocycles. The molecule has 0 bridgehead atoms. The van der Waals surface area contributed by atoms with Gasteiger partial charge in [-0.15, -0.1) is 5.53 Å². The summed E-state index contributed by atoms with van der Waals surface area (Å²) < 4.78 is 0. The Bertz CT molecular complexity index is 494. The van der Waals surface area contributed by atoms with Gasteiger partial charge in [-0.2, -0.15) is 5.17 Å². The normalized spacial score (nSPS) is 15.7. The van der Waals surface area contributed by atoms with E-state index in [0.717, 1.165) is 5.69 Å². The first-order valence-electron chi connectivity index (χ1n) is 5.77. The quantitative estimate of drug-likeness (QED) is 0.875. The van der Waals surface area contributed by atoms with Crippen molar-refractivity contribution in [2.24, 2.45) is 0 Å².